The average Bonchev–Trinajstić information content (AvgIpc) is 2.36. The first-order valence-electron chi connectivity index (χ1n) is 5.78. The summed E-state index contributed by atoms with van der Waals surface area (Å²) in [6.45, 7) is 4.01. The van der Waals surface area contributed by atoms with Crippen molar-refractivity contribution < 1.29 is 22.8 Å². The van der Waals surface area contributed by atoms with Crippen molar-refractivity contribution in [1.29, 1.82) is 0 Å². The average molecular weight is 273 g/mol. The topological polar surface area (TPSA) is 46.2 Å². The Morgan fingerprint density at radius 2 is 1.74 bits per heavy atom. The SMILES string of the molecule is CCC(C)c1ccc(C(=O)NC(=O)C(F)(F)F)cc1. The zero-order valence-corrected chi connectivity index (χ0v) is 10.5. The minimum atomic E-state index is -5.06. The molecule has 104 valence electrons. The summed E-state index contributed by atoms with van der Waals surface area (Å²) in [4.78, 5) is 22.0. The van der Waals surface area contributed by atoms with E-state index in [4.69, 9.17) is 0 Å². The van der Waals surface area contributed by atoms with Crippen molar-refractivity contribution >= 4 is 11.8 Å². The van der Waals surface area contributed by atoms with Gasteiger partial charge in [0.1, 0.15) is 0 Å². The number of amides is 2. The van der Waals surface area contributed by atoms with Crippen molar-refractivity contribution in [3.63, 3.8) is 0 Å². The number of carbonyl (C=O) groups is 2. The number of benzene rings is 1. The Labute approximate surface area is 108 Å². The Bertz CT molecular complexity index is 466. The lowest BCUT2D eigenvalue weighted by Crippen LogP contribution is -2.40. The number of imide groups is 1. The molecule has 3 nitrogen and oxygen atoms in total. The summed E-state index contributed by atoms with van der Waals surface area (Å²) in [6.07, 6.45) is -4.15. The van der Waals surface area contributed by atoms with Crippen LogP contribution in [0.25, 0.3) is 0 Å². The zero-order valence-electron chi connectivity index (χ0n) is 10.5. The minimum absolute atomic E-state index is 0.0182. The van der Waals surface area contributed by atoms with E-state index in [0.717, 1.165) is 12.0 Å². The van der Waals surface area contributed by atoms with Crippen molar-refractivity contribution in [3.05, 3.63) is 35.4 Å². The van der Waals surface area contributed by atoms with Gasteiger partial charge in [0.2, 0.25) is 0 Å². The van der Waals surface area contributed by atoms with Crippen LogP contribution in [-0.4, -0.2) is 18.0 Å². The van der Waals surface area contributed by atoms with Crippen molar-refractivity contribution in [1.82, 2.24) is 5.32 Å². The fraction of sp³-hybridized carbons (Fsp3) is 0.385. The summed E-state index contributed by atoms with van der Waals surface area (Å²) >= 11 is 0. The Balaban J connectivity index is 2.76. The summed E-state index contributed by atoms with van der Waals surface area (Å²) < 4.78 is 35.9. The van der Waals surface area contributed by atoms with E-state index in [9.17, 15) is 22.8 Å². The van der Waals surface area contributed by atoms with Gasteiger partial charge in [-0.15, -0.1) is 0 Å². The first-order chi connectivity index (χ1) is 8.75. The maximum Gasteiger partial charge on any atom is 0.471 e. The van der Waals surface area contributed by atoms with Crippen molar-refractivity contribution in [2.75, 3.05) is 0 Å². The van der Waals surface area contributed by atoms with Gasteiger partial charge in [-0.05, 0) is 30.0 Å². The molecule has 6 heteroatoms. The fourth-order valence-corrected chi connectivity index (χ4v) is 1.44. The molecule has 0 aliphatic heterocycles. The second-order valence-electron chi connectivity index (χ2n) is 4.21. The molecule has 1 aromatic rings. The summed E-state index contributed by atoms with van der Waals surface area (Å²) in [6, 6.07) is 6.14. The van der Waals surface area contributed by atoms with Crippen LogP contribution in [0.3, 0.4) is 0 Å². The highest BCUT2D eigenvalue weighted by atomic mass is 19.4. The van der Waals surface area contributed by atoms with Gasteiger partial charge < -0.3 is 0 Å². The molecule has 0 saturated carbocycles. The van der Waals surface area contributed by atoms with E-state index >= 15 is 0 Å². The molecule has 2 amide bonds. The zero-order chi connectivity index (χ0) is 14.6. The highest BCUT2D eigenvalue weighted by Crippen LogP contribution is 2.19. The summed E-state index contributed by atoms with van der Waals surface area (Å²) in [7, 11) is 0. The monoisotopic (exact) mass is 273 g/mol. The molecule has 1 aromatic carbocycles. The van der Waals surface area contributed by atoms with Crippen LogP contribution in [0.15, 0.2) is 24.3 Å². The summed E-state index contributed by atoms with van der Waals surface area (Å²) in [5, 5.41) is 1.30. The van der Waals surface area contributed by atoms with E-state index in [1.807, 2.05) is 13.8 Å². The second-order valence-corrected chi connectivity index (χ2v) is 4.21. The molecule has 1 atom stereocenters. The van der Waals surface area contributed by atoms with Crippen LogP contribution in [0.5, 0.6) is 0 Å². The van der Waals surface area contributed by atoms with Gasteiger partial charge in [-0.25, -0.2) is 0 Å². The number of hydrogen-bond acceptors (Lipinski definition) is 2. The van der Waals surface area contributed by atoms with Gasteiger partial charge in [-0.3, -0.25) is 14.9 Å². The van der Waals surface area contributed by atoms with Gasteiger partial charge in [-0.1, -0.05) is 26.0 Å². The molecule has 1 rings (SSSR count). The van der Waals surface area contributed by atoms with Crippen LogP contribution in [0.4, 0.5) is 13.2 Å². The Kier molecular flexibility index (Phi) is 4.69. The number of carbonyl (C=O) groups excluding carboxylic acids is 2. The molecule has 0 fully saturated rings. The first-order valence-corrected chi connectivity index (χ1v) is 5.78. The quantitative estimate of drug-likeness (QED) is 0.920. The Morgan fingerprint density at radius 1 is 1.21 bits per heavy atom. The van der Waals surface area contributed by atoms with Gasteiger partial charge in [0.05, 0.1) is 0 Å². The number of alkyl halides is 3. The van der Waals surface area contributed by atoms with Crippen LogP contribution in [-0.2, 0) is 4.79 Å². The van der Waals surface area contributed by atoms with Gasteiger partial charge in [-0.2, -0.15) is 13.2 Å². The van der Waals surface area contributed by atoms with Gasteiger partial charge in [0.15, 0.2) is 0 Å². The molecule has 0 aliphatic rings. The standard InChI is InChI=1S/C13H14F3NO2/c1-3-8(2)9-4-6-10(7-5-9)11(18)17-12(19)13(14,15)16/h4-8H,3H2,1-2H3,(H,17,18,19). The number of rotatable bonds is 3. The van der Waals surface area contributed by atoms with Crippen molar-refractivity contribution in [2.24, 2.45) is 0 Å². The molecule has 0 aromatic heterocycles. The third kappa shape index (κ3) is 4.08. The molecule has 0 spiro atoms. The van der Waals surface area contributed by atoms with Gasteiger partial charge in [0.25, 0.3) is 5.91 Å². The Morgan fingerprint density at radius 3 is 2.16 bits per heavy atom. The van der Waals surface area contributed by atoms with Crippen molar-refractivity contribution in [3.8, 4) is 0 Å². The van der Waals surface area contributed by atoms with Gasteiger partial charge in [0, 0.05) is 5.56 Å². The molecule has 1 N–H and O–H groups in total. The number of hydrogen-bond donors (Lipinski definition) is 1. The van der Waals surface area contributed by atoms with Gasteiger partial charge >= 0.3 is 12.1 Å². The van der Waals surface area contributed by atoms with E-state index in [1.54, 1.807) is 12.1 Å². The summed E-state index contributed by atoms with van der Waals surface area (Å²) in [5.74, 6) is -3.02. The maximum absolute atomic E-state index is 12.0. The molecule has 0 heterocycles. The van der Waals surface area contributed by atoms with E-state index in [2.05, 4.69) is 0 Å². The second kappa shape index (κ2) is 5.86. The molecule has 0 saturated heterocycles. The minimum Gasteiger partial charge on any atom is -0.284 e. The van der Waals surface area contributed by atoms with Crippen LogP contribution in [0.2, 0.25) is 0 Å². The van der Waals surface area contributed by atoms with Crippen LogP contribution < -0.4 is 5.32 Å². The lowest BCUT2D eigenvalue weighted by atomic mass is 9.97. The molecule has 0 bridgehead atoms. The van der Waals surface area contributed by atoms with E-state index in [1.165, 1.54) is 17.4 Å². The molecule has 19 heavy (non-hydrogen) atoms. The predicted molar refractivity (Wildman–Crippen MR) is 63.7 cm³/mol. The largest absolute Gasteiger partial charge is 0.471 e. The molecular weight excluding hydrogens is 259 g/mol. The van der Waals surface area contributed by atoms with Crippen LogP contribution in [0.1, 0.15) is 42.1 Å². The lowest BCUT2D eigenvalue weighted by Gasteiger charge is -2.10. The lowest BCUT2D eigenvalue weighted by molar-refractivity contribution is -0.172. The normalized spacial score (nSPS) is 12.9. The predicted octanol–water partition coefficient (Wildman–Crippen LogP) is 3.02. The third-order valence-corrected chi connectivity index (χ3v) is 2.84. The number of halogens is 3. The van der Waals surface area contributed by atoms with Crippen LogP contribution >= 0.6 is 0 Å². The Hall–Kier alpha value is -1.85. The number of nitrogens with one attached hydrogen (secondary N) is 1. The maximum atomic E-state index is 12.0. The van der Waals surface area contributed by atoms with E-state index in [0.29, 0.717) is 5.92 Å². The summed E-state index contributed by atoms with van der Waals surface area (Å²) in [5.41, 5.74) is 1.01. The third-order valence-electron chi connectivity index (χ3n) is 2.84. The first kappa shape index (κ1) is 15.2. The highest BCUT2D eigenvalue weighted by Gasteiger charge is 2.39. The van der Waals surface area contributed by atoms with Crippen LogP contribution in [0, 0.1) is 0 Å². The van der Waals surface area contributed by atoms with E-state index < -0.39 is 18.0 Å². The molecular formula is C13H14F3NO2. The highest BCUT2D eigenvalue weighted by molar-refractivity contribution is 6.06. The van der Waals surface area contributed by atoms with E-state index in [-0.39, 0.29) is 5.56 Å². The fourth-order valence-electron chi connectivity index (χ4n) is 1.44. The molecule has 0 aliphatic carbocycles. The molecule has 1 unspecified atom stereocenters. The smallest absolute Gasteiger partial charge is 0.284 e. The van der Waals surface area contributed by atoms with Crippen molar-refractivity contribution in [2.45, 2.75) is 32.4 Å². The molecule has 0 radical (unpaired) electrons.